The van der Waals surface area contributed by atoms with Crippen molar-refractivity contribution in [1.82, 2.24) is 14.4 Å². The van der Waals surface area contributed by atoms with E-state index >= 15 is 0 Å². The van der Waals surface area contributed by atoms with Gasteiger partial charge in [0.25, 0.3) is 5.91 Å². The number of carbonyl (C=O) groups excluding carboxylic acids is 1. The van der Waals surface area contributed by atoms with Crippen molar-refractivity contribution in [3.8, 4) is 0 Å². The SMILES string of the molecule is CN1CCC(N(C[C@@H]2CCCO2)C(=O)c2cc3sccc3n2C)CC1. The lowest BCUT2D eigenvalue weighted by Crippen LogP contribution is -2.49. The molecule has 0 N–H and O–H groups in total. The molecule has 4 heterocycles. The number of likely N-dealkylation sites (tertiary alicyclic amines) is 1. The van der Waals surface area contributed by atoms with Crippen LogP contribution in [0.25, 0.3) is 10.2 Å². The minimum atomic E-state index is 0.163. The Morgan fingerprint density at radius 1 is 1.32 bits per heavy atom. The molecule has 0 unspecified atom stereocenters. The smallest absolute Gasteiger partial charge is 0.270 e. The number of ether oxygens (including phenoxy) is 1. The topological polar surface area (TPSA) is 37.7 Å². The second-order valence-corrected chi connectivity index (χ2v) is 8.33. The predicted molar refractivity (Wildman–Crippen MR) is 101 cm³/mol. The quantitative estimate of drug-likeness (QED) is 0.840. The number of piperidine rings is 1. The number of nitrogens with zero attached hydrogens (tertiary/aromatic N) is 3. The van der Waals surface area contributed by atoms with Crippen LogP contribution in [-0.2, 0) is 11.8 Å². The Balaban J connectivity index is 1.60. The summed E-state index contributed by atoms with van der Waals surface area (Å²) in [6.07, 6.45) is 4.48. The summed E-state index contributed by atoms with van der Waals surface area (Å²) >= 11 is 1.70. The number of aryl methyl sites for hydroxylation is 1. The van der Waals surface area contributed by atoms with E-state index in [1.807, 2.05) is 11.6 Å². The fourth-order valence-electron chi connectivity index (χ4n) is 4.11. The lowest BCUT2D eigenvalue weighted by molar-refractivity contribution is 0.0314. The summed E-state index contributed by atoms with van der Waals surface area (Å²) in [6.45, 7) is 3.68. The zero-order chi connectivity index (χ0) is 17.4. The summed E-state index contributed by atoms with van der Waals surface area (Å²) < 4.78 is 9.08. The molecule has 2 aliphatic rings. The van der Waals surface area contributed by atoms with E-state index in [1.165, 1.54) is 4.70 Å². The number of fused-ring (bicyclic) bond motifs is 1. The summed E-state index contributed by atoms with van der Waals surface area (Å²) in [5.74, 6) is 0.163. The first-order chi connectivity index (χ1) is 12.1. The van der Waals surface area contributed by atoms with Crippen LogP contribution in [0.2, 0.25) is 0 Å². The third kappa shape index (κ3) is 3.35. The van der Waals surface area contributed by atoms with Gasteiger partial charge in [0.1, 0.15) is 5.69 Å². The molecule has 5 nitrogen and oxygen atoms in total. The molecule has 25 heavy (non-hydrogen) atoms. The van der Waals surface area contributed by atoms with E-state index in [0.29, 0.717) is 6.04 Å². The Kier molecular flexibility index (Phi) is 4.84. The minimum absolute atomic E-state index is 0.163. The highest BCUT2D eigenvalue weighted by atomic mass is 32.1. The van der Waals surface area contributed by atoms with Gasteiger partial charge in [0, 0.05) is 26.2 Å². The monoisotopic (exact) mass is 361 g/mol. The molecule has 0 saturated carbocycles. The van der Waals surface area contributed by atoms with E-state index < -0.39 is 0 Å². The third-order valence-electron chi connectivity index (χ3n) is 5.70. The van der Waals surface area contributed by atoms with Crippen LogP contribution in [0, 0.1) is 0 Å². The largest absolute Gasteiger partial charge is 0.376 e. The van der Waals surface area contributed by atoms with Crippen molar-refractivity contribution in [2.24, 2.45) is 7.05 Å². The third-order valence-corrected chi connectivity index (χ3v) is 6.55. The highest BCUT2D eigenvalue weighted by molar-refractivity contribution is 7.17. The van der Waals surface area contributed by atoms with Crippen LogP contribution in [-0.4, -0.2) is 65.7 Å². The second-order valence-electron chi connectivity index (χ2n) is 7.39. The summed E-state index contributed by atoms with van der Waals surface area (Å²) in [6, 6.07) is 4.47. The summed E-state index contributed by atoms with van der Waals surface area (Å²) in [7, 11) is 4.16. The molecule has 1 amide bonds. The first-order valence-electron chi connectivity index (χ1n) is 9.27. The van der Waals surface area contributed by atoms with Crippen LogP contribution < -0.4 is 0 Å². The fraction of sp³-hybridized carbons (Fsp3) is 0.632. The Morgan fingerprint density at radius 3 is 2.80 bits per heavy atom. The van der Waals surface area contributed by atoms with Gasteiger partial charge in [-0.25, -0.2) is 0 Å². The van der Waals surface area contributed by atoms with Gasteiger partial charge in [0.15, 0.2) is 0 Å². The van der Waals surface area contributed by atoms with Crippen LogP contribution >= 0.6 is 11.3 Å². The molecule has 136 valence electrons. The molecule has 6 heteroatoms. The lowest BCUT2D eigenvalue weighted by Gasteiger charge is -2.38. The molecule has 0 spiro atoms. The Hall–Kier alpha value is -1.37. The Bertz CT molecular complexity index is 739. The molecule has 2 aromatic heterocycles. The molecular formula is C19H27N3O2S. The van der Waals surface area contributed by atoms with E-state index in [2.05, 4.69) is 34.4 Å². The first-order valence-corrected chi connectivity index (χ1v) is 10.2. The standard InChI is InChI=1S/C19H27N3O2S/c1-20-8-5-14(6-9-20)22(13-15-4-3-10-24-15)19(23)17-12-18-16(21(17)2)7-11-25-18/h7,11-12,14-15H,3-6,8-10,13H2,1-2H3/t15-/m0/s1. The molecule has 0 radical (unpaired) electrons. The van der Waals surface area contributed by atoms with E-state index in [1.54, 1.807) is 11.3 Å². The number of hydrogen-bond donors (Lipinski definition) is 0. The van der Waals surface area contributed by atoms with Crippen LogP contribution in [0.3, 0.4) is 0 Å². The maximum Gasteiger partial charge on any atom is 0.270 e. The molecule has 0 bridgehead atoms. The van der Waals surface area contributed by atoms with Crippen LogP contribution in [0.1, 0.15) is 36.2 Å². The molecule has 0 aliphatic carbocycles. The van der Waals surface area contributed by atoms with Crippen molar-refractivity contribution < 1.29 is 9.53 Å². The number of rotatable bonds is 4. The van der Waals surface area contributed by atoms with E-state index in [-0.39, 0.29) is 12.0 Å². The zero-order valence-electron chi connectivity index (χ0n) is 15.1. The summed E-state index contributed by atoms with van der Waals surface area (Å²) in [5.41, 5.74) is 1.95. The van der Waals surface area contributed by atoms with Gasteiger partial charge in [0.05, 0.1) is 16.3 Å². The molecule has 0 aromatic carbocycles. The number of amides is 1. The molecule has 1 atom stereocenters. The zero-order valence-corrected chi connectivity index (χ0v) is 15.9. The normalized spacial score (nSPS) is 22.7. The van der Waals surface area contributed by atoms with Gasteiger partial charge in [-0.05, 0) is 63.3 Å². The summed E-state index contributed by atoms with van der Waals surface area (Å²) in [4.78, 5) is 17.9. The Labute approximate surface area is 153 Å². The lowest BCUT2D eigenvalue weighted by atomic mass is 10.0. The molecular weight excluding hydrogens is 334 g/mol. The molecule has 2 aromatic rings. The van der Waals surface area contributed by atoms with Crippen molar-refractivity contribution in [2.45, 2.75) is 37.8 Å². The van der Waals surface area contributed by atoms with Gasteiger partial charge >= 0.3 is 0 Å². The van der Waals surface area contributed by atoms with E-state index in [4.69, 9.17) is 4.74 Å². The van der Waals surface area contributed by atoms with Crippen LogP contribution in [0.15, 0.2) is 17.5 Å². The Morgan fingerprint density at radius 2 is 2.12 bits per heavy atom. The highest BCUT2D eigenvalue weighted by Gasteiger charge is 2.32. The maximum atomic E-state index is 13.4. The fourth-order valence-corrected chi connectivity index (χ4v) is 4.96. The van der Waals surface area contributed by atoms with Gasteiger partial charge in [-0.1, -0.05) is 0 Å². The van der Waals surface area contributed by atoms with Gasteiger partial charge in [0.2, 0.25) is 0 Å². The van der Waals surface area contributed by atoms with Gasteiger partial charge < -0.3 is 19.1 Å². The molecule has 2 fully saturated rings. The molecule has 2 saturated heterocycles. The second kappa shape index (κ2) is 7.09. The van der Waals surface area contributed by atoms with Crippen LogP contribution in [0.4, 0.5) is 0 Å². The van der Waals surface area contributed by atoms with E-state index in [9.17, 15) is 4.79 Å². The van der Waals surface area contributed by atoms with E-state index in [0.717, 1.165) is 63.1 Å². The van der Waals surface area contributed by atoms with Gasteiger partial charge in [-0.3, -0.25) is 4.79 Å². The maximum absolute atomic E-state index is 13.4. The van der Waals surface area contributed by atoms with Crippen molar-refractivity contribution in [3.05, 3.63) is 23.2 Å². The number of hydrogen-bond acceptors (Lipinski definition) is 4. The number of carbonyl (C=O) groups is 1. The van der Waals surface area contributed by atoms with Crippen molar-refractivity contribution >= 4 is 27.5 Å². The molecule has 4 rings (SSSR count). The van der Waals surface area contributed by atoms with Gasteiger partial charge in [-0.15, -0.1) is 11.3 Å². The minimum Gasteiger partial charge on any atom is -0.376 e. The predicted octanol–water partition coefficient (Wildman–Crippen LogP) is 2.96. The number of aromatic nitrogens is 1. The van der Waals surface area contributed by atoms with Gasteiger partial charge in [-0.2, -0.15) is 0 Å². The average Bonchev–Trinajstić information content (AvgIpc) is 3.33. The average molecular weight is 362 g/mol. The molecule has 2 aliphatic heterocycles. The van der Waals surface area contributed by atoms with Crippen molar-refractivity contribution in [3.63, 3.8) is 0 Å². The highest BCUT2D eigenvalue weighted by Crippen LogP contribution is 2.27. The van der Waals surface area contributed by atoms with Crippen molar-refractivity contribution in [1.29, 1.82) is 0 Å². The number of thiophene rings is 1. The first kappa shape index (κ1) is 17.1. The van der Waals surface area contributed by atoms with Crippen LogP contribution in [0.5, 0.6) is 0 Å². The summed E-state index contributed by atoms with van der Waals surface area (Å²) in [5, 5.41) is 2.08. The van der Waals surface area contributed by atoms with Crippen molar-refractivity contribution in [2.75, 3.05) is 33.3 Å².